The summed E-state index contributed by atoms with van der Waals surface area (Å²) in [5.74, 6) is 0.789. The topological polar surface area (TPSA) is 15.3 Å². The van der Waals surface area contributed by atoms with Gasteiger partial charge in [0.15, 0.2) is 0 Å². The van der Waals surface area contributed by atoms with E-state index in [1.165, 1.54) is 32.5 Å². The first-order valence-electron chi connectivity index (χ1n) is 5.99. The van der Waals surface area contributed by atoms with E-state index in [1.54, 1.807) is 0 Å². The Kier molecular flexibility index (Phi) is 8.20. The third-order valence-electron chi connectivity index (χ3n) is 2.67. The van der Waals surface area contributed by atoms with Crippen LogP contribution in [0.15, 0.2) is 0 Å². The Labute approximate surface area is 90.1 Å². The molecular formula is C12H28N2. The van der Waals surface area contributed by atoms with Crippen LogP contribution < -0.4 is 5.32 Å². The minimum atomic E-state index is 0.660. The van der Waals surface area contributed by atoms with Crippen molar-refractivity contribution in [2.75, 3.05) is 26.7 Å². The monoisotopic (exact) mass is 200 g/mol. The molecule has 0 aliphatic carbocycles. The molecule has 0 spiro atoms. The van der Waals surface area contributed by atoms with Gasteiger partial charge < -0.3 is 10.2 Å². The van der Waals surface area contributed by atoms with Crippen molar-refractivity contribution in [1.82, 2.24) is 10.2 Å². The average molecular weight is 200 g/mol. The van der Waals surface area contributed by atoms with E-state index in [-0.39, 0.29) is 0 Å². The van der Waals surface area contributed by atoms with E-state index in [1.807, 2.05) is 7.05 Å². The molecule has 86 valence electrons. The van der Waals surface area contributed by atoms with Gasteiger partial charge in [-0.2, -0.15) is 0 Å². The van der Waals surface area contributed by atoms with Crippen molar-refractivity contribution >= 4 is 0 Å². The fourth-order valence-corrected chi connectivity index (χ4v) is 1.66. The Bertz CT molecular complexity index is 123. The Morgan fingerprint density at radius 2 is 1.86 bits per heavy atom. The van der Waals surface area contributed by atoms with Crippen LogP contribution in [0.25, 0.3) is 0 Å². The third kappa shape index (κ3) is 7.34. The molecule has 0 radical (unpaired) electrons. The van der Waals surface area contributed by atoms with Crippen LogP contribution in [0.1, 0.15) is 40.5 Å². The molecule has 0 fully saturated rings. The first-order chi connectivity index (χ1) is 6.60. The second kappa shape index (κ2) is 8.25. The summed E-state index contributed by atoms with van der Waals surface area (Å²) in [6.07, 6.45) is 2.59. The second-order valence-corrected chi connectivity index (χ2v) is 4.62. The molecule has 0 rings (SSSR count). The number of nitrogens with zero attached hydrogens (tertiary/aromatic N) is 1. The Balaban J connectivity index is 3.52. The molecule has 1 unspecified atom stereocenters. The fourth-order valence-electron chi connectivity index (χ4n) is 1.66. The van der Waals surface area contributed by atoms with Crippen LogP contribution in [-0.2, 0) is 0 Å². The largest absolute Gasteiger partial charge is 0.317 e. The highest BCUT2D eigenvalue weighted by molar-refractivity contribution is 4.62. The Hall–Kier alpha value is -0.0800. The van der Waals surface area contributed by atoms with Gasteiger partial charge in [0.25, 0.3) is 0 Å². The molecule has 0 aliphatic rings. The van der Waals surface area contributed by atoms with Gasteiger partial charge in [0.05, 0.1) is 0 Å². The standard InChI is InChI=1S/C12H28N2/c1-6-14(10-11(2)3)9-7-8-12(4)13-5/h11-13H,6-10H2,1-5H3. The van der Waals surface area contributed by atoms with Crippen LogP contribution in [-0.4, -0.2) is 37.6 Å². The maximum atomic E-state index is 3.28. The van der Waals surface area contributed by atoms with Crippen LogP contribution in [0.3, 0.4) is 0 Å². The van der Waals surface area contributed by atoms with Gasteiger partial charge in [-0.1, -0.05) is 20.8 Å². The Morgan fingerprint density at radius 3 is 2.29 bits per heavy atom. The van der Waals surface area contributed by atoms with E-state index in [4.69, 9.17) is 0 Å². The van der Waals surface area contributed by atoms with Gasteiger partial charge in [-0.15, -0.1) is 0 Å². The predicted octanol–water partition coefficient (Wildman–Crippen LogP) is 2.35. The van der Waals surface area contributed by atoms with Gasteiger partial charge in [-0.25, -0.2) is 0 Å². The predicted molar refractivity (Wildman–Crippen MR) is 64.7 cm³/mol. The third-order valence-corrected chi connectivity index (χ3v) is 2.67. The first kappa shape index (κ1) is 13.9. The lowest BCUT2D eigenvalue weighted by atomic mass is 10.1. The smallest absolute Gasteiger partial charge is 0.00362 e. The summed E-state index contributed by atoms with van der Waals surface area (Å²) < 4.78 is 0. The highest BCUT2D eigenvalue weighted by atomic mass is 15.1. The highest BCUT2D eigenvalue weighted by Crippen LogP contribution is 2.02. The summed E-state index contributed by atoms with van der Waals surface area (Å²) in [7, 11) is 2.04. The zero-order valence-electron chi connectivity index (χ0n) is 10.6. The summed E-state index contributed by atoms with van der Waals surface area (Å²) in [4.78, 5) is 2.55. The quantitative estimate of drug-likeness (QED) is 0.647. The van der Waals surface area contributed by atoms with Gasteiger partial charge in [-0.05, 0) is 45.8 Å². The second-order valence-electron chi connectivity index (χ2n) is 4.62. The molecule has 1 atom stereocenters. The first-order valence-corrected chi connectivity index (χ1v) is 5.99. The molecule has 0 saturated heterocycles. The summed E-state index contributed by atoms with van der Waals surface area (Å²) in [6, 6.07) is 0.660. The molecular weight excluding hydrogens is 172 g/mol. The SMILES string of the molecule is CCN(CCCC(C)NC)CC(C)C. The minimum absolute atomic E-state index is 0.660. The van der Waals surface area contributed by atoms with Crippen LogP contribution in [0.5, 0.6) is 0 Å². The van der Waals surface area contributed by atoms with Crippen molar-refractivity contribution < 1.29 is 0 Å². The van der Waals surface area contributed by atoms with Crippen LogP contribution in [0, 0.1) is 5.92 Å². The van der Waals surface area contributed by atoms with Gasteiger partial charge in [0, 0.05) is 12.6 Å². The van der Waals surface area contributed by atoms with Crippen LogP contribution in [0.4, 0.5) is 0 Å². The van der Waals surface area contributed by atoms with Gasteiger partial charge in [0.2, 0.25) is 0 Å². The molecule has 0 aliphatic heterocycles. The summed E-state index contributed by atoms with van der Waals surface area (Å²) in [5, 5.41) is 3.28. The molecule has 1 N–H and O–H groups in total. The van der Waals surface area contributed by atoms with E-state index in [9.17, 15) is 0 Å². The zero-order chi connectivity index (χ0) is 11.0. The maximum absolute atomic E-state index is 3.28. The maximum Gasteiger partial charge on any atom is 0.00362 e. The van der Waals surface area contributed by atoms with Crippen molar-refractivity contribution in [3.8, 4) is 0 Å². The molecule has 0 saturated carbocycles. The van der Waals surface area contributed by atoms with Crippen molar-refractivity contribution in [3.05, 3.63) is 0 Å². The molecule has 0 heterocycles. The van der Waals surface area contributed by atoms with Crippen molar-refractivity contribution in [1.29, 1.82) is 0 Å². The van der Waals surface area contributed by atoms with Crippen molar-refractivity contribution in [2.45, 2.75) is 46.6 Å². The van der Waals surface area contributed by atoms with Gasteiger partial charge >= 0.3 is 0 Å². The van der Waals surface area contributed by atoms with Crippen LogP contribution >= 0.6 is 0 Å². The number of hydrogen-bond donors (Lipinski definition) is 1. The lowest BCUT2D eigenvalue weighted by molar-refractivity contribution is 0.248. The lowest BCUT2D eigenvalue weighted by Gasteiger charge is -2.23. The van der Waals surface area contributed by atoms with Gasteiger partial charge in [0.1, 0.15) is 0 Å². The average Bonchev–Trinajstić information content (AvgIpc) is 2.15. The van der Waals surface area contributed by atoms with E-state index in [0.717, 1.165) is 5.92 Å². The zero-order valence-corrected chi connectivity index (χ0v) is 10.6. The van der Waals surface area contributed by atoms with E-state index >= 15 is 0 Å². The highest BCUT2D eigenvalue weighted by Gasteiger charge is 2.05. The number of rotatable bonds is 8. The van der Waals surface area contributed by atoms with Crippen LogP contribution in [0.2, 0.25) is 0 Å². The Morgan fingerprint density at radius 1 is 1.21 bits per heavy atom. The summed E-state index contributed by atoms with van der Waals surface area (Å²) in [6.45, 7) is 12.8. The molecule has 0 amide bonds. The van der Waals surface area contributed by atoms with E-state index < -0.39 is 0 Å². The molecule has 0 aromatic rings. The molecule has 14 heavy (non-hydrogen) atoms. The van der Waals surface area contributed by atoms with Gasteiger partial charge in [-0.3, -0.25) is 0 Å². The molecule has 2 heteroatoms. The molecule has 0 aromatic carbocycles. The lowest BCUT2D eigenvalue weighted by Crippen LogP contribution is -2.30. The van der Waals surface area contributed by atoms with E-state index in [2.05, 4.69) is 37.9 Å². The summed E-state index contributed by atoms with van der Waals surface area (Å²) >= 11 is 0. The van der Waals surface area contributed by atoms with Crippen molar-refractivity contribution in [2.24, 2.45) is 5.92 Å². The normalized spacial score (nSPS) is 13.9. The fraction of sp³-hybridized carbons (Fsp3) is 1.00. The summed E-state index contributed by atoms with van der Waals surface area (Å²) in [5.41, 5.74) is 0. The van der Waals surface area contributed by atoms with E-state index in [0.29, 0.717) is 6.04 Å². The number of nitrogens with one attached hydrogen (secondary N) is 1. The minimum Gasteiger partial charge on any atom is -0.317 e. The molecule has 0 aromatic heterocycles. The van der Waals surface area contributed by atoms with Crippen molar-refractivity contribution in [3.63, 3.8) is 0 Å². The molecule has 0 bridgehead atoms. The number of hydrogen-bond acceptors (Lipinski definition) is 2. The molecule has 2 nitrogen and oxygen atoms in total.